The second kappa shape index (κ2) is 8.02. The van der Waals surface area contributed by atoms with Gasteiger partial charge in [-0.2, -0.15) is 0 Å². The standard InChI is InChI=1S/C15H18N4O4/c1-3-22-15(21)14(13-11(2)5-4-7-16-13)23-12(20)6-9-19-10-8-17-18-19/h4-5,7-8,10,14H,3,6,9H2,1-2H3/t14-/m1/s1. The van der Waals surface area contributed by atoms with Crippen molar-refractivity contribution in [1.29, 1.82) is 0 Å². The Morgan fingerprint density at radius 2 is 2.17 bits per heavy atom. The molecule has 0 aliphatic heterocycles. The maximum atomic E-state index is 12.1. The highest BCUT2D eigenvalue weighted by Crippen LogP contribution is 2.21. The molecule has 0 N–H and O–H groups in total. The first kappa shape index (κ1) is 16.6. The number of esters is 2. The van der Waals surface area contributed by atoms with E-state index in [1.165, 1.54) is 17.1 Å². The van der Waals surface area contributed by atoms with Crippen molar-refractivity contribution in [3.63, 3.8) is 0 Å². The van der Waals surface area contributed by atoms with Crippen LogP contribution in [0.3, 0.4) is 0 Å². The molecule has 0 fully saturated rings. The number of carbonyl (C=O) groups excluding carboxylic acids is 2. The molecule has 2 rings (SSSR count). The Labute approximate surface area is 133 Å². The summed E-state index contributed by atoms with van der Waals surface area (Å²) in [6.07, 6.45) is 3.59. The summed E-state index contributed by atoms with van der Waals surface area (Å²) in [4.78, 5) is 28.3. The lowest BCUT2D eigenvalue weighted by atomic mass is 10.1. The van der Waals surface area contributed by atoms with Crippen molar-refractivity contribution in [1.82, 2.24) is 20.0 Å². The largest absolute Gasteiger partial charge is 0.463 e. The van der Waals surface area contributed by atoms with E-state index in [0.717, 1.165) is 5.56 Å². The molecule has 122 valence electrons. The summed E-state index contributed by atoms with van der Waals surface area (Å²) in [5, 5.41) is 7.41. The third-order valence-corrected chi connectivity index (χ3v) is 3.07. The van der Waals surface area contributed by atoms with Crippen LogP contribution in [0.2, 0.25) is 0 Å². The monoisotopic (exact) mass is 318 g/mol. The Hall–Kier alpha value is -2.77. The van der Waals surface area contributed by atoms with Crippen LogP contribution in [0, 0.1) is 6.92 Å². The maximum absolute atomic E-state index is 12.1. The summed E-state index contributed by atoms with van der Waals surface area (Å²) in [5.41, 5.74) is 1.12. The van der Waals surface area contributed by atoms with Crippen molar-refractivity contribution in [2.75, 3.05) is 6.61 Å². The predicted octanol–water partition coefficient (Wildman–Crippen LogP) is 1.22. The predicted molar refractivity (Wildman–Crippen MR) is 79.1 cm³/mol. The van der Waals surface area contributed by atoms with E-state index in [2.05, 4.69) is 15.3 Å². The Balaban J connectivity index is 2.06. The zero-order chi connectivity index (χ0) is 16.7. The highest BCUT2D eigenvalue weighted by atomic mass is 16.6. The fraction of sp³-hybridized carbons (Fsp3) is 0.400. The molecule has 8 heteroatoms. The first-order valence-electron chi connectivity index (χ1n) is 7.23. The molecule has 0 aromatic carbocycles. The molecule has 2 aromatic rings. The third-order valence-electron chi connectivity index (χ3n) is 3.07. The average molecular weight is 318 g/mol. The Morgan fingerprint density at radius 1 is 1.35 bits per heavy atom. The number of hydrogen-bond acceptors (Lipinski definition) is 7. The van der Waals surface area contributed by atoms with Gasteiger partial charge in [-0.05, 0) is 25.5 Å². The van der Waals surface area contributed by atoms with Crippen molar-refractivity contribution in [2.45, 2.75) is 32.9 Å². The topological polar surface area (TPSA) is 96.2 Å². The fourth-order valence-corrected chi connectivity index (χ4v) is 1.95. The van der Waals surface area contributed by atoms with Crippen molar-refractivity contribution >= 4 is 11.9 Å². The highest BCUT2D eigenvalue weighted by Gasteiger charge is 2.29. The number of carbonyl (C=O) groups is 2. The van der Waals surface area contributed by atoms with Crippen LogP contribution in [0.25, 0.3) is 0 Å². The van der Waals surface area contributed by atoms with Crippen LogP contribution in [0.4, 0.5) is 0 Å². The number of hydrogen-bond donors (Lipinski definition) is 0. The van der Waals surface area contributed by atoms with E-state index in [9.17, 15) is 9.59 Å². The van der Waals surface area contributed by atoms with E-state index in [-0.39, 0.29) is 13.0 Å². The third kappa shape index (κ3) is 4.60. The highest BCUT2D eigenvalue weighted by molar-refractivity contribution is 5.80. The summed E-state index contributed by atoms with van der Waals surface area (Å²) in [6, 6.07) is 3.53. The van der Waals surface area contributed by atoms with Crippen LogP contribution in [-0.2, 0) is 25.6 Å². The van der Waals surface area contributed by atoms with Gasteiger partial charge in [0.1, 0.15) is 0 Å². The van der Waals surface area contributed by atoms with Crippen LogP contribution in [0.5, 0.6) is 0 Å². The number of aromatic nitrogens is 4. The molecule has 2 heterocycles. The summed E-state index contributed by atoms with van der Waals surface area (Å²) in [6.45, 7) is 3.98. The molecule has 0 saturated carbocycles. The minimum atomic E-state index is -1.17. The molecule has 0 unspecified atom stereocenters. The van der Waals surface area contributed by atoms with Crippen molar-refractivity contribution in [3.8, 4) is 0 Å². The van der Waals surface area contributed by atoms with Gasteiger partial charge in [-0.1, -0.05) is 11.3 Å². The van der Waals surface area contributed by atoms with Crippen LogP contribution >= 0.6 is 0 Å². The number of pyridine rings is 1. The van der Waals surface area contributed by atoms with E-state index in [0.29, 0.717) is 12.2 Å². The van der Waals surface area contributed by atoms with Gasteiger partial charge in [0.2, 0.25) is 6.10 Å². The summed E-state index contributed by atoms with van der Waals surface area (Å²) in [5.74, 6) is -1.17. The molecule has 0 amide bonds. The Morgan fingerprint density at radius 3 is 2.83 bits per heavy atom. The molecule has 0 radical (unpaired) electrons. The van der Waals surface area contributed by atoms with E-state index in [1.54, 1.807) is 32.2 Å². The number of rotatable bonds is 7. The quantitative estimate of drug-likeness (QED) is 0.708. The van der Waals surface area contributed by atoms with Gasteiger partial charge in [0.25, 0.3) is 0 Å². The Bertz CT molecular complexity index is 657. The lowest BCUT2D eigenvalue weighted by Gasteiger charge is -2.17. The van der Waals surface area contributed by atoms with Crippen LogP contribution in [0.15, 0.2) is 30.7 Å². The Kier molecular flexibility index (Phi) is 5.79. The van der Waals surface area contributed by atoms with Gasteiger partial charge >= 0.3 is 11.9 Å². The molecule has 23 heavy (non-hydrogen) atoms. The lowest BCUT2D eigenvalue weighted by Crippen LogP contribution is -2.24. The van der Waals surface area contributed by atoms with Crippen molar-refractivity contribution in [3.05, 3.63) is 42.0 Å². The van der Waals surface area contributed by atoms with Crippen molar-refractivity contribution in [2.24, 2.45) is 0 Å². The second-order valence-electron chi connectivity index (χ2n) is 4.74. The van der Waals surface area contributed by atoms with E-state index in [1.807, 2.05) is 0 Å². The molecule has 0 saturated heterocycles. The van der Waals surface area contributed by atoms with Gasteiger partial charge in [0.15, 0.2) is 0 Å². The first-order chi connectivity index (χ1) is 11.1. The molecule has 0 spiro atoms. The molecule has 0 bridgehead atoms. The molecular formula is C15H18N4O4. The molecule has 0 aliphatic carbocycles. The molecule has 8 nitrogen and oxygen atoms in total. The molecule has 2 aromatic heterocycles. The fourth-order valence-electron chi connectivity index (χ4n) is 1.95. The average Bonchev–Trinajstić information content (AvgIpc) is 3.05. The minimum absolute atomic E-state index is 0.0607. The number of nitrogens with zero attached hydrogens (tertiary/aromatic N) is 4. The van der Waals surface area contributed by atoms with Gasteiger partial charge in [-0.15, -0.1) is 5.10 Å². The SMILES string of the molecule is CCOC(=O)[C@H](OC(=O)CCn1ccnn1)c1ncccc1C. The smallest absolute Gasteiger partial charge is 0.353 e. The zero-order valence-electron chi connectivity index (χ0n) is 13.0. The molecule has 0 aliphatic rings. The molecular weight excluding hydrogens is 300 g/mol. The summed E-state index contributed by atoms with van der Waals surface area (Å²) >= 11 is 0. The summed E-state index contributed by atoms with van der Waals surface area (Å²) in [7, 11) is 0. The van der Waals surface area contributed by atoms with Gasteiger partial charge in [0, 0.05) is 12.4 Å². The van der Waals surface area contributed by atoms with E-state index >= 15 is 0 Å². The van der Waals surface area contributed by atoms with Crippen molar-refractivity contribution < 1.29 is 19.1 Å². The minimum Gasteiger partial charge on any atom is -0.463 e. The van der Waals surface area contributed by atoms with Gasteiger partial charge in [-0.25, -0.2) is 4.79 Å². The number of ether oxygens (including phenoxy) is 2. The first-order valence-corrected chi connectivity index (χ1v) is 7.23. The normalized spacial score (nSPS) is 11.7. The van der Waals surface area contributed by atoms with Crippen LogP contribution < -0.4 is 0 Å². The molecule has 1 atom stereocenters. The van der Waals surface area contributed by atoms with Gasteiger partial charge in [-0.3, -0.25) is 14.5 Å². The summed E-state index contributed by atoms with van der Waals surface area (Å²) < 4.78 is 11.8. The maximum Gasteiger partial charge on any atom is 0.353 e. The van der Waals surface area contributed by atoms with Gasteiger partial charge in [0.05, 0.1) is 31.5 Å². The zero-order valence-corrected chi connectivity index (χ0v) is 13.0. The second-order valence-corrected chi connectivity index (χ2v) is 4.74. The van der Waals surface area contributed by atoms with Gasteiger partial charge < -0.3 is 9.47 Å². The van der Waals surface area contributed by atoms with Crippen LogP contribution in [0.1, 0.15) is 30.7 Å². The van der Waals surface area contributed by atoms with E-state index < -0.39 is 18.0 Å². The van der Waals surface area contributed by atoms with E-state index in [4.69, 9.17) is 9.47 Å². The lowest BCUT2D eigenvalue weighted by molar-refractivity contribution is -0.168. The number of aryl methyl sites for hydroxylation is 2. The van der Waals surface area contributed by atoms with Crippen LogP contribution in [-0.4, -0.2) is 38.5 Å².